The van der Waals surface area contributed by atoms with Gasteiger partial charge < -0.3 is 14.2 Å². The molecule has 8 nitrogen and oxygen atoms in total. The average Bonchev–Trinajstić information content (AvgIpc) is 2.78. The molecule has 0 unspecified atom stereocenters. The molecule has 2 fully saturated rings. The number of sulfonamides is 1. The summed E-state index contributed by atoms with van der Waals surface area (Å²) in [7, 11) is -3.64. The second kappa shape index (κ2) is 10.8. The van der Waals surface area contributed by atoms with Gasteiger partial charge in [-0.25, -0.2) is 18.0 Å². The van der Waals surface area contributed by atoms with Gasteiger partial charge in [0.2, 0.25) is 10.0 Å². The van der Waals surface area contributed by atoms with Gasteiger partial charge in [-0.15, -0.1) is 0 Å². The van der Waals surface area contributed by atoms with E-state index in [1.54, 1.807) is 0 Å². The molecule has 1 saturated carbocycles. The molecule has 0 radical (unpaired) electrons. The van der Waals surface area contributed by atoms with Crippen LogP contribution in [0.4, 0.5) is 0 Å². The van der Waals surface area contributed by atoms with E-state index >= 15 is 0 Å². The minimum absolute atomic E-state index is 0.0986. The van der Waals surface area contributed by atoms with E-state index in [-0.39, 0.29) is 16.6 Å². The van der Waals surface area contributed by atoms with Crippen molar-refractivity contribution in [2.24, 2.45) is 17.8 Å². The van der Waals surface area contributed by atoms with Crippen molar-refractivity contribution in [3.63, 3.8) is 0 Å². The molecule has 3 atom stereocenters. The third kappa shape index (κ3) is 6.08. The largest absolute Gasteiger partial charge is 0.460 e. The molecule has 1 aliphatic heterocycles. The van der Waals surface area contributed by atoms with E-state index in [0.29, 0.717) is 44.1 Å². The number of morpholine rings is 1. The minimum Gasteiger partial charge on any atom is -0.460 e. The van der Waals surface area contributed by atoms with Gasteiger partial charge in [-0.2, -0.15) is 4.31 Å². The van der Waals surface area contributed by atoms with Gasteiger partial charge in [0.15, 0.2) is 6.61 Å². The molecule has 9 heteroatoms. The first-order valence-corrected chi connectivity index (χ1v) is 12.7. The van der Waals surface area contributed by atoms with Gasteiger partial charge in [-0.05, 0) is 54.9 Å². The number of carbonyl (C=O) groups is 2. The summed E-state index contributed by atoms with van der Waals surface area (Å²) in [6, 6.07) is 5.52. The van der Waals surface area contributed by atoms with Crippen molar-refractivity contribution in [1.82, 2.24) is 4.31 Å². The lowest BCUT2D eigenvalue weighted by atomic mass is 9.75. The molecule has 0 spiro atoms. The molecule has 0 amide bonds. The van der Waals surface area contributed by atoms with Crippen molar-refractivity contribution < 1.29 is 32.2 Å². The second-order valence-electron chi connectivity index (χ2n) is 8.97. The molecule has 2 aliphatic rings. The van der Waals surface area contributed by atoms with E-state index in [0.717, 1.165) is 19.3 Å². The minimum atomic E-state index is -3.64. The van der Waals surface area contributed by atoms with E-state index < -0.39 is 28.6 Å². The fraction of sp³-hybridized carbons (Fsp3) is 0.652. The lowest BCUT2D eigenvalue weighted by Crippen LogP contribution is -2.40. The molecule has 1 heterocycles. The summed E-state index contributed by atoms with van der Waals surface area (Å²) in [5, 5.41) is 0. The molecule has 178 valence electrons. The number of nitrogens with zero attached hydrogens (tertiary/aromatic N) is 1. The highest BCUT2D eigenvalue weighted by Gasteiger charge is 2.33. The summed E-state index contributed by atoms with van der Waals surface area (Å²) < 4.78 is 42.6. The summed E-state index contributed by atoms with van der Waals surface area (Å²) in [6.07, 6.45) is 2.82. The van der Waals surface area contributed by atoms with Crippen LogP contribution in [0.3, 0.4) is 0 Å². The zero-order chi connectivity index (χ0) is 23.3. The predicted molar refractivity (Wildman–Crippen MR) is 118 cm³/mol. The van der Waals surface area contributed by atoms with Gasteiger partial charge in [-0.3, -0.25) is 0 Å². The van der Waals surface area contributed by atoms with E-state index in [1.807, 2.05) is 0 Å². The highest BCUT2D eigenvalue weighted by Crippen LogP contribution is 2.35. The highest BCUT2D eigenvalue weighted by molar-refractivity contribution is 7.89. The van der Waals surface area contributed by atoms with E-state index in [4.69, 9.17) is 14.2 Å². The summed E-state index contributed by atoms with van der Waals surface area (Å²) in [5.74, 6) is -0.0381. The van der Waals surface area contributed by atoms with Crippen molar-refractivity contribution in [3.8, 4) is 0 Å². The second-order valence-corrected chi connectivity index (χ2v) is 10.9. The Morgan fingerprint density at radius 1 is 1.12 bits per heavy atom. The van der Waals surface area contributed by atoms with Crippen molar-refractivity contribution in [1.29, 1.82) is 0 Å². The SMILES string of the molecule is CC(C)[C@H]1CC[C@@H](C)C[C@@H]1OC(=O)COC(=O)c1ccc(S(=O)(=O)N2CCOCC2)cc1. The first kappa shape index (κ1) is 24.7. The van der Waals surface area contributed by atoms with Crippen molar-refractivity contribution in [2.45, 2.75) is 51.0 Å². The van der Waals surface area contributed by atoms with Crippen LogP contribution in [0.2, 0.25) is 0 Å². The molecule has 3 rings (SSSR count). The van der Waals surface area contributed by atoms with Crippen LogP contribution >= 0.6 is 0 Å². The average molecular weight is 468 g/mol. The Morgan fingerprint density at radius 2 is 1.78 bits per heavy atom. The first-order valence-electron chi connectivity index (χ1n) is 11.2. The van der Waals surface area contributed by atoms with Crippen LogP contribution in [0, 0.1) is 17.8 Å². The third-order valence-electron chi connectivity index (χ3n) is 6.26. The molecule has 32 heavy (non-hydrogen) atoms. The maximum atomic E-state index is 12.7. The molecule has 1 aromatic carbocycles. The fourth-order valence-electron chi connectivity index (χ4n) is 4.36. The van der Waals surface area contributed by atoms with Crippen LogP contribution in [-0.2, 0) is 29.0 Å². The van der Waals surface area contributed by atoms with E-state index in [9.17, 15) is 18.0 Å². The molecule has 0 N–H and O–H groups in total. The van der Waals surface area contributed by atoms with Crippen LogP contribution in [0.15, 0.2) is 29.2 Å². The maximum absolute atomic E-state index is 12.7. The number of benzene rings is 1. The number of rotatable bonds is 7. The monoisotopic (exact) mass is 467 g/mol. The lowest BCUT2D eigenvalue weighted by molar-refractivity contribution is -0.159. The molecule has 0 bridgehead atoms. The molecular weight excluding hydrogens is 434 g/mol. The van der Waals surface area contributed by atoms with Crippen molar-refractivity contribution in [2.75, 3.05) is 32.9 Å². The number of hydrogen-bond acceptors (Lipinski definition) is 7. The Morgan fingerprint density at radius 3 is 2.41 bits per heavy atom. The van der Waals surface area contributed by atoms with Crippen LogP contribution in [0.5, 0.6) is 0 Å². The van der Waals surface area contributed by atoms with Crippen LogP contribution < -0.4 is 0 Å². The Balaban J connectivity index is 1.54. The summed E-state index contributed by atoms with van der Waals surface area (Å²) in [5.41, 5.74) is 0.171. The van der Waals surface area contributed by atoms with Gasteiger partial charge in [0.05, 0.1) is 23.7 Å². The Bertz CT molecular complexity index is 891. The van der Waals surface area contributed by atoms with E-state index in [2.05, 4.69) is 20.8 Å². The topological polar surface area (TPSA) is 99.2 Å². The Kier molecular flexibility index (Phi) is 8.30. The highest BCUT2D eigenvalue weighted by atomic mass is 32.2. The molecule has 1 saturated heterocycles. The normalized spacial score (nSPS) is 24.8. The van der Waals surface area contributed by atoms with Crippen molar-refractivity contribution in [3.05, 3.63) is 29.8 Å². The Hall–Kier alpha value is -1.97. The summed E-state index contributed by atoms with van der Waals surface area (Å²) in [6.45, 7) is 7.25. The predicted octanol–water partition coefficient (Wildman–Crippen LogP) is 2.87. The maximum Gasteiger partial charge on any atom is 0.344 e. The summed E-state index contributed by atoms with van der Waals surface area (Å²) >= 11 is 0. The molecule has 1 aliphatic carbocycles. The molecule has 1 aromatic rings. The van der Waals surface area contributed by atoms with Gasteiger partial charge in [-0.1, -0.05) is 27.2 Å². The van der Waals surface area contributed by atoms with Gasteiger partial charge in [0.25, 0.3) is 0 Å². The third-order valence-corrected chi connectivity index (χ3v) is 8.18. The summed E-state index contributed by atoms with van der Waals surface area (Å²) in [4.78, 5) is 24.7. The molecule has 0 aromatic heterocycles. The Labute approximate surface area is 190 Å². The van der Waals surface area contributed by atoms with Crippen LogP contribution in [-0.4, -0.2) is 63.7 Å². The standard InChI is InChI=1S/C23H33NO7S/c1-16(2)20-9-4-17(3)14-21(20)31-22(25)15-30-23(26)18-5-7-19(8-6-18)32(27,28)24-10-12-29-13-11-24/h5-8,16-17,20-21H,4,9-15H2,1-3H3/t17-,20-,21+/m1/s1. The number of ether oxygens (including phenoxy) is 3. The van der Waals surface area contributed by atoms with Crippen molar-refractivity contribution >= 4 is 22.0 Å². The number of esters is 2. The zero-order valence-corrected chi connectivity index (χ0v) is 19.8. The van der Waals surface area contributed by atoms with Crippen LogP contribution in [0.25, 0.3) is 0 Å². The number of hydrogen-bond donors (Lipinski definition) is 0. The quantitative estimate of drug-likeness (QED) is 0.569. The number of carbonyl (C=O) groups excluding carboxylic acids is 2. The first-order chi connectivity index (χ1) is 15.2. The lowest BCUT2D eigenvalue weighted by Gasteiger charge is -2.36. The van der Waals surface area contributed by atoms with Gasteiger partial charge in [0.1, 0.15) is 6.10 Å². The fourth-order valence-corrected chi connectivity index (χ4v) is 5.77. The van der Waals surface area contributed by atoms with E-state index in [1.165, 1.54) is 28.6 Å². The smallest absolute Gasteiger partial charge is 0.344 e. The molecular formula is C23H33NO7S. The van der Waals surface area contributed by atoms with Crippen LogP contribution in [0.1, 0.15) is 50.4 Å². The van der Waals surface area contributed by atoms with Gasteiger partial charge >= 0.3 is 11.9 Å². The van der Waals surface area contributed by atoms with Gasteiger partial charge in [0, 0.05) is 13.1 Å². The zero-order valence-electron chi connectivity index (χ0n) is 19.0.